The van der Waals surface area contributed by atoms with Gasteiger partial charge in [-0.2, -0.15) is 0 Å². The molecule has 2 aliphatic heterocycles. The highest BCUT2D eigenvalue weighted by atomic mass is 35.5. The average molecular weight is 721 g/mol. The van der Waals surface area contributed by atoms with Crippen molar-refractivity contribution < 1.29 is 41.8 Å². The van der Waals surface area contributed by atoms with Crippen molar-refractivity contribution in [1.29, 1.82) is 0 Å². The third kappa shape index (κ3) is 5.88. The van der Waals surface area contributed by atoms with Crippen LogP contribution in [0.25, 0.3) is 0 Å². The van der Waals surface area contributed by atoms with Gasteiger partial charge in [0.1, 0.15) is 17.0 Å². The number of aryl methyl sites for hydroxylation is 1. The summed E-state index contributed by atoms with van der Waals surface area (Å²) in [6, 6.07) is 11.2. The molecule has 3 atom stereocenters. The molecular weight excluding hydrogens is 688 g/mol. The van der Waals surface area contributed by atoms with E-state index < -0.39 is 62.6 Å². The fourth-order valence-corrected chi connectivity index (χ4v) is 7.72. The third-order valence-corrected chi connectivity index (χ3v) is 10.2. The number of imide groups is 1. The number of hydrogen-bond acceptors (Lipinski definition) is 7. The van der Waals surface area contributed by atoms with Crippen molar-refractivity contribution in [3.05, 3.63) is 92.7 Å². The van der Waals surface area contributed by atoms with Crippen molar-refractivity contribution in [2.45, 2.75) is 63.0 Å². The number of nitrogens with one attached hydrogen (secondary N) is 2. The highest BCUT2D eigenvalue weighted by Crippen LogP contribution is 2.61. The second-order valence-electron chi connectivity index (χ2n) is 11.9. The van der Waals surface area contributed by atoms with Crippen LogP contribution in [0, 0.1) is 12.7 Å². The summed E-state index contributed by atoms with van der Waals surface area (Å²) in [7, 11) is -3.99. The van der Waals surface area contributed by atoms with E-state index >= 15 is 0 Å². The molecular formula is C33H32Cl2FN3O8S. The number of halogens is 3. The van der Waals surface area contributed by atoms with E-state index in [9.17, 15) is 37.1 Å². The Morgan fingerprint density at radius 1 is 1.06 bits per heavy atom. The maximum Gasteiger partial charge on any atom is 0.418 e. The molecule has 5 rings (SSSR count). The Morgan fingerprint density at radius 2 is 1.71 bits per heavy atom. The number of anilines is 1. The predicted octanol–water partition coefficient (Wildman–Crippen LogP) is 5.76. The van der Waals surface area contributed by atoms with Crippen molar-refractivity contribution >= 4 is 62.7 Å². The van der Waals surface area contributed by atoms with Gasteiger partial charge in [0.2, 0.25) is 21.8 Å². The zero-order valence-electron chi connectivity index (χ0n) is 26.3. The molecule has 0 aromatic heterocycles. The molecule has 4 amide bonds. The Kier molecular flexibility index (Phi) is 9.28. The molecule has 1 spiro atoms. The smallest absolute Gasteiger partial charge is 0.418 e. The SMILES string of the molecule is CCC(CC)(Oc1ccc(Cl)cc1C1CC(=O)NC(c2cc(F)ccc2C)C12C(=O)N(C(=O)O)c1cc(Cl)ccc12)C(=O)NS(C)(=O)=O. The summed E-state index contributed by atoms with van der Waals surface area (Å²) in [6.45, 7) is 4.93. The number of carbonyl (C=O) groups excluding carboxylic acids is 3. The van der Waals surface area contributed by atoms with E-state index in [1.165, 1.54) is 54.6 Å². The van der Waals surface area contributed by atoms with E-state index in [1.54, 1.807) is 20.8 Å². The van der Waals surface area contributed by atoms with Crippen LogP contribution in [0.3, 0.4) is 0 Å². The van der Waals surface area contributed by atoms with Gasteiger partial charge in [0, 0.05) is 27.9 Å². The minimum Gasteiger partial charge on any atom is -0.477 e. The van der Waals surface area contributed by atoms with E-state index in [4.69, 9.17) is 27.9 Å². The fraction of sp³-hybridized carbons (Fsp3) is 0.333. The molecule has 0 aliphatic carbocycles. The summed E-state index contributed by atoms with van der Waals surface area (Å²) in [5.41, 5.74) is -2.63. The zero-order valence-corrected chi connectivity index (χ0v) is 28.6. The first-order chi connectivity index (χ1) is 22.5. The predicted molar refractivity (Wildman–Crippen MR) is 176 cm³/mol. The molecule has 15 heteroatoms. The van der Waals surface area contributed by atoms with Gasteiger partial charge in [-0.3, -0.25) is 14.4 Å². The molecule has 1 saturated heterocycles. The lowest BCUT2D eigenvalue weighted by Crippen LogP contribution is -2.59. The van der Waals surface area contributed by atoms with E-state index in [2.05, 4.69) is 5.32 Å². The molecule has 3 unspecified atom stereocenters. The Morgan fingerprint density at radius 3 is 2.33 bits per heavy atom. The number of fused-ring (bicyclic) bond motifs is 2. The summed E-state index contributed by atoms with van der Waals surface area (Å²) in [5.74, 6) is -4.29. The van der Waals surface area contributed by atoms with Crippen molar-refractivity contribution in [2.75, 3.05) is 11.2 Å². The number of nitrogens with zero attached hydrogens (tertiary/aromatic N) is 1. The lowest BCUT2D eigenvalue weighted by molar-refractivity contribution is -0.136. The van der Waals surface area contributed by atoms with Crippen LogP contribution >= 0.6 is 23.2 Å². The van der Waals surface area contributed by atoms with E-state index in [0.29, 0.717) is 10.5 Å². The van der Waals surface area contributed by atoms with Crippen LogP contribution in [0.2, 0.25) is 10.0 Å². The first-order valence-electron chi connectivity index (χ1n) is 14.9. The lowest BCUT2D eigenvalue weighted by atomic mass is 9.58. The second kappa shape index (κ2) is 12.7. The molecule has 3 aromatic carbocycles. The molecule has 0 saturated carbocycles. The van der Waals surface area contributed by atoms with E-state index in [0.717, 1.165) is 6.26 Å². The normalized spacial score (nSPS) is 20.8. The van der Waals surface area contributed by atoms with Gasteiger partial charge in [0.25, 0.3) is 5.91 Å². The van der Waals surface area contributed by atoms with Gasteiger partial charge in [-0.05, 0) is 78.9 Å². The summed E-state index contributed by atoms with van der Waals surface area (Å²) in [5, 5.41) is 13.5. The van der Waals surface area contributed by atoms with Crippen molar-refractivity contribution in [2.24, 2.45) is 0 Å². The van der Waals surface area contributed by atoms with Gasteiger partial charge in [-0.25, -0.2) is 27.2 Å². The monoisotopic (exact) mass is 719 g/mol. The second-order valence-corrected chi connectivity index (χ2v) is 14.5. The van der Waals surface area contributed by atoms with Crippen LogP contribution in [0.1, 0.15) is 67.3 Å². The van der Waals surface area contributed by atoms with Gasteiger partial charge in [0.05, 0.1) is 18.0 Å². The van der Waals surface area contributed by atoms with Crippen LogP contribution in [0.4, 0.5) is 14.9 Å². The maximum absolute atomic E-state index is 14.9. The summed E-state index contributed by atoms with van der Waals surface area (Å²) in [4.78, 5) is 55.2. The standard InChI is InChI=1S/C33H32Cl2FN3O8S/c1-5-32(6-2,29(41)38-48(4,45)46)47-26-12-9-18(34)13-22(26)24-16-27(40)37-28(21-15-20(36)10-7-17(21)3)33(24)23-11-8-19(35)14-25(23)39(30(33)42)31(43)44/h7-15,24,28H,5-6,16H2,1-4H3,(H,37,40)(H,38,41)(H,43,44). The number of carboxylic acid groups (broad SMARTS) is 1. The first kappa shape index (κ1) is 35.1. The van der Waals surface area contributed by atoms with Gasteiger partial charge >= 0.3 is 6.09 Å². The van der Waals surface area contributed by atoms with Crippen LogP contribution in [-0.4, -0.2) is 49.2 Å². The van der Waals surface area contributed by atoms with Gasteiger partial charge in [-0.15, -0.1) is 0 Å². The molecule has 1 fully saturated rings. The quantitative estimate of drug-likeness (QED) is 0.265. The van der Waals surface area contributed by atoms with Crippen molar-refractivity contribution in [1.82, 2.24) is 10.0 Å². The third-order valence-electron chi connectivity index (χ3n) is 9.13. The molecule has 2 heterocycles. The number of piperidine rings is 1. The number of hydrogen-bond donors (Lipinski definition) is 3. The number of amides is 4. The van der Waals surface area contributed by atoms with Gasteiger partial charge < -0.3 is 15.2 Å². The molecule has 48 heavy (non-hydrogen) atoms. The Balaban J connectivity index is 1.84. The van der Waals surface area contributed by atoms with Crippen LogP contribution in [-0.2, 0) is 29.8 Å². The fourth-order valence-electron chi connectivity index (χ4n) is 6.86. The lowest BCUT2D eigenvalue weighted by Gasteiger charge is -2.47. The average Bonchev–Trinajstić information content (AvgIpc) is 3.25. The Bertz CT molecular complexity index is 1970. The van der Waals surface area contributed by atoms with Crippen molar-refractivity contribution in [3.8, 4) is 5.75 Å². The number of ether oxygens (including phenoxy) is 1. The Labute approximate surface area is 286 Å². The van der Waals surface area contributed by atoms with Gasteiger partial charge in [-0.1, -0.05) is 49.2 Å². The minimum absolute atomic E-state index is 0.00220. The summed E-state index contributed by atoms with van der Waals surface area (Å²) >= 11 is 12.8. The van der Waals surface area contributed by atoms with Crippen LogP contribution in [0.5, 0.6) is 5.75 Å². The summed E-state index contributed by atoms with van der Waals surface area (Å²) < 4.78 is 47.3. The van der Waals surface area contributed by atoms with E-state index in [1.807, 2.05) is 4.72 Å². The van der Waals surface area contributed by atoms with Gasteiger partial charge in [0.15, 0.2) is 5.60 Å². The molecule has 3 aromatic rings. The number of sulfonamides is 1. The summed E-state index contributed by atoms with van der Waals surface area (Å²) in [6.07, 6.45) is -1.13. The molecule has 0 bridgehead atoms. The molecule has 2 aliphatic rings. The van der Waals surface area contributed by atoms with Crippen molar-refractivity contribution in [3.63, 3.8) is 0 Å². The highest BCUT2D eigenvalue weighted by molar-refractivity contribution is 7.89. The minimum atomic E-state index is -3.99. The molecule has 11 nitrogen and oxygen atoms in total. The largest absolute Gasteiger partial charge is 0.477 e. The maximum atomic E-state index is 14.9. The number of benzene rings is 3. The van der Waals surface area contributed by atoms with Crippen LogP contribution < -0.4 is 19.7 Å². The number of carbonyl (C=O) groups is 4. The van der Waals surface area contributed by atoms with E-state index in [-0.39, 0.29) is 57.4 Å². The molecule has 3 N–H and O–H groups in total. The van der Waals surface area contributed by atoms with Crippen LogP contribution in [0.15, 0.2) is 54.6 Å². The highest BCUT2D eigenvalue weighted by Gasteiger charge is 2.65. The first-order valence-corrected chi connectivity index (χ1v) is 17.6. The molecule has 254 valence electrons. The topological polar surface area (TPSA) is 159 Å². The zero-order chi connectivity index (χ0) is 35.3. The molecule has 0 radical (unpaired) electrons. The Hall–Kier alpha value is -4.20. The number of rotatable bonds is 8.